The molecule has 2 aromatic rings. The average Bonchev–Trinajstić information content (AvgIpc) is 3.30. The molecule has 1 aliphatic carbocycles. The van der Waals surface area contributed by atoms with Crippen molar-refractivity contribution in [1.82, 2.24) is 24.1 Å². The Hall–Kier alpha value is -0.730. The zero-order chi connectivity index (χ0) is 17.4. The minimum absolute atomic E-state index is 0.636. The lowest BCUT2D eigenvalue weighted by molar-refractivity contribution is 0.0985. The van der Waals surface area contributed by atoms with Crippen LogP contribution in [-0.2, 0) is 19.8 Å². The summed E-state index contributed by atoms with van der Waals surface area (Å²) in [5.41, 5.74) is 0. The largest absolute Gasteiger partial charge is 0.304 e. The average molecular weight is 398 g/mol. The van der Waals surface area contributed by atoms with Gasteiger partial charge in [0.2, 0.25) is 0 Å². The number of hydrogen-bond donors (Lipinski definition) is 0. The Kier molecular flexibility index (Phi) is 5.29. The molecule has 1 aliphatic heterocycles. The van der Waals surface area contributed by atoms with Crippen molar-refractivity contribution in [1.29, 1.82) is 0 Å². The summed E-state index contributed by atoms with van der Waals surface area (Å²) in [5, 5.41) is 4.83. The van der Waals surface area contributed by atoms with Crippen LogP contribution < -0.4 is 0 Å². The van der Waals surface area contributed by atoms with Gasteiger partial charge >= 0.3 is 0 Å². The fraction of sp³-hybridized carbons (Fsp3) is 0.647. The molecule has 136 valence electrons. The van der Waals surface area contributed by atoms with E-state index in [1.165, 1.54) is 23.5 Å². The van der Waals surface area contributed by atoms with Gasteiger partial charge in [-0.05, 0) is 44.1 Å². The number of nitrogens with zero attached hydrogens (tertiary/aromatic N) is 5. The highest BCUT2D eigenvalue weighted by Gasteiger charge is 2.30. The number of rotatable bonds is 6. The zero-order valence-electron chi connectivity index (χ0n) is 14.5. The molecule has 0 radical (unpaired) electrons. The predicted molar refractivity (Wildman–Crippen MR) is 105 cm³/mol. The van der Waals surface area contributed by atoms with Crippen LogP contribution in [0.2, 0.25) is 4.34 Å². The predicted octanol–water partition coefficient (Wildman–Crippen LogP) is 3.80. The lowest BCUT2D eigenvalue weighted by atomic mass is 10.3. The molecule has 1 saturated heterocycles. The molecule has 25 heavy (non-hydrogen) atoms. The third-order valence-corrected chi connectivity index (χ3v) is 6.66. The normalized spacial score (nSPS) is 19.6. The molecule has 0 unspecified atom stereocenters. The van der Waals surface area contributed by atoms with Gasteiger partial charge in [0.25, 0.3) is 0 Å². The van der Waals surface area contributed by atoms with Crippen LogP contribution in [0.15, 0.2) is 12.1 Å². The summed E-state index contributed by atoms with van der Waals surface area (Å²) in [6.07, 6.45) is 2.52. The number of piperazine rings is 1. The fourth-order valence-electron chi connectivity index (χ4n) is 3.43. The summed E-state index contributed by atoms with van der Waals surface area (Å²) in [6, 6.07) is 4.12. The van der Waals surface area contributed by atoms with E-state index in [0.717, 1.165) is 55.0 Å². The summed E-state index contributed by atoms with van der Waals surface area (Å²) < 4.78 is 5.99. The SMILES string of the molecule is CCn1c(C2CC2)nn(CN2CCN(Cc3ccc(Cl)s3)CC2)c1=S. The molecular weight excluding hydrogens is 374 g/mol. The van der Waals surface area contributed by atoms with Gasteiger partial charge in [-0.15, -0.1) is 11.3 Å². The van der Waals surface area contributed by atoms with Crippen LogP contribution in [-0.4, -0.2) is 50.3 Å². The van der Waals surface area contributed by atoms with Gasteiger partial charge in [0, 0.05) is 50.1 Å². The van der Waals surface area contributed by atoms with Crippen LogP contribution in [0, 0.1) is 4.77 Å². The zero-order valence-corrected chi connectivity index (χ0v) is 16.9. The van der Waals surface area contributed by atoms with Gasteiger partial charge in [0.05, 0.1) is 11.0 Å². The van der Waals surface area contributed by atoms with Gasteiger partial charge in [-0.1, -0.05) is 11.6 Å². The smallest absolute Gasteiger partial charge is 0.199 e. The van der Waals surface area contributed by atoms with Crippen LogP contribution in [0.3, 0.4) is 0 Å². The van der Waals surface area contributed by atoms with Crippen LogP contribution >= 0.6 is 35.2 Å². The van der Waals surface area contributed by atoms with Crippen molar-refractivity contribution in [2.45, 2.75) is 45.4 Å². The first-order valence-corrected chi connectivity index (χ1v) is 10.6. The fourth-order valence-corrected chi connectivity index (χ4v) is 4.88. The van der Waals surface area contributed by atoms with E-state index in [-0.39, 0.29) is 0 Å². The molecule has 3 heterocycles. The second kappa shape index (κ2) is 7.48. The third kappa shape index (κ3) is 4.01. The van der Waals surface area contributed by atoms with Gasteiger partial charge < -0.3 is 4.57 Å². The van der Waals surface area contributed by atoms with Crippen LogP contribution in [0.4, 0.5) is 0 Å². The standard InChI is InChI=1S/C17H24ClN5S2/c1-2-22-16(13-3-4-13)19-23(17(22)24)12-21-9-7-20(8-10-21)11-14-5-6-15(18)25-14/h5-6,13H,2-4,7-12H2,1H3. The molecular formula is C17H24ClN5S2. The van der Waals surface area contributed by atoms with Gasteiger partial charge in [-0.2, -0.15) is 5.10 Å². The lowest BCUT2D eigenvalue weighted by Gasteiger charge is -2.34. The molecule has 0 bridgehead atoms. The van der Waals surface area contributed by atoms with E-state index in [4.69, 9.17) is 28.9 Å². The van der Waals surface area contributed by atoms with E-state index in [1.54, 1.807) is 11.3 Å². The summed E-state index contributed by atoms with van der Waals surface area (Å²) >= 11 is 13.4. The number of hydrogen-bond acceptors (Lipinski definition) is 5. The Morgan fingerprint density at radius 3 is 2.52 bits per heavy atom. The topological polar surface area (TPSA) is 29.2 Å². The Morgan fingerprint density at radius 1 is 1.20 bits per heavy atom. The van der Waals surface area contributed by atoms with Crippen LogP contribution in [0.1, 0.15) is 36.4 Å². The van der Waals surface area contributed by atoms with Crippen molar-refractivity contribution < 1.29 is 0 Å². The first-order valence-electron chi connectivity index (χ1n) is 9.00. The molecule has 5 nitrogen and oxygen atoms in total. The molecule has 2 aliphatic rings. The summed E-state index contributed by atoms with van der Waals surface area (Å²) in [4.78, 5) is 6.30. The number of halogens is 1. The van der Waals surface area contributed by atoms with Crippen LogP contribution in [0.25, 0.3) is 0 Å². The van der Waals surface area contributed by atoms with Crippen molar-refractivity contribution in [2.75, 3.05) is 26.2 Å². The molecule has 8 heteroatoms. The number of aromatic nitrogens is 3. The first kappa shape index (κ1) is 17.7. The van der Waals surface area contributed by atoms with Crippen molar-refractivity contribution in [3.05, 3.63) is 31.9 Å². The highest BCUT2D eigenvalue weighted by molar-refractivity contribution is 7.71. The molecule has 0 N–H and O–H groups in total. The van der Waals surface area contributed by atoms with Crippen molar-refractivity contribution >= 4 is 35.2 Å². The maximum absolute atomic E-state index is 6.03. The molecule has 0 spiro atoms. The van der Waals surface area contributed by atoms with Crippen molar-refractivity contribution in [3.8, 4) is 0 Å². The van der Waals surface area contributed by atoms with E-state index >= 15 is 0 Å². The summed E-state index contributed by atoms with van der Waals surface area (Å²) in [5.74, 6) is 1.83. The molecule has 0 amide bonds. The second-order valence-corrected chi connectivity index (χ2v) is 9.07. The van der Waals surface area contributed by atoms with Gasteiger partial charge in [-0.3, -0.25) is 9.80 Å². The molecule has 1 saturated carbocycles. The first-order chi connectivity index (χ1) is 12.1. The van der Waals surface area contributed by atoms with E-state index in [1.807, 2.05) is 10.7 Å². The number of thiophene rings is 1. The Morgan fingerprint density at radius 2 is 1.92 bits per heavy atom. The Balaban J connectivity index is 1.35. The van der Waals surface area contributed by atoms with E-state index in [2.05, 4.69) is 27.4 Å². The highest BCUT2D eigenvalue weighted by atomic mass is 35.5. The molecule has 0 atom stereocenters. The second-order valence-electron chi connectivity index (χ2n) is 6.90. The lowest BCUT2D eigenvalue weighted by Crippen LogP contribution is -2.46. The minimum Gasteiger partial charge on any atom is -0.304 e. The molecule has 2 fully saturated rings. The molecule has 2 aromatic heterocycles. The monoisotopic (exact) mass is 397 g/mol. The van der Waals surface area contributed by atoms with Crippen molar-refractivity contribution in [2.24, 2.45) is 0 Å². The third-order valence-electron chi connectivity index (χ3n) is 5.02. The maximum Gasteiger partial charge on any atom is 0.199 e. The van der Waals surface area contributed by atoms with Crippen molar-refractivity contribution in [3.63, 3.8) is 0 Å². The van der Waals surface area contributed by atoms with E-state index < -0.39 is 0 Å². The molecule has 0 aromatic carbocycles. The summed E-state index contributed by atoms with van der Waals surface area (Å²) in [7, 11) is 0. The Labute approximate surface area is 162 Å². The van der Waals surface area contributed by atoms with Crippen LogP contribution in [0.5, 0.6) is 0 Å². The maximum atomic E-state index is 6.03. The summed E-state index contributed by atoms with van der Waals surface area (Å²) in [6.45, 7) is 9.15. The highest BCUT2D eigenvalue weighted by Crippen LogP contribution is 2.39. The Bertz CT molecular complexity index is 783. The van der Waals surface area contributed by atoms with Gasteiger partial charge in [-0.25, -0.2) is 4.68 Å². The van der Waals surface area contributed by atoms with Gasteiger partial charge in [0.1, 0.15) is 5.82 Å². The van der Waals surface area contributed by atoms with Gasteiger partial charge in [0.15, 0.2) is 4.77 Å². The quantitative estimate of drug-likeness (QED) is 0.693. The van der Waals surface area contributed by atoms with E-state index in [9.17, 15) is 0 Å². The molecule has 4 rings (SSSR count). The van der Waals surface area contributed by atoms with E-state index in [0.29, 0.717) is 5.92 Å². The minimum atomic E-state index is 0.636.